The molecule has 13 heteroatoms. The van der Waals surface area contributed by atoms with Gasteiger partial charge in [0.15, 0.2) is 0 Å². The molecule has 1 saturated heterocycles. The predicted octanol–water partition coefficient (Wildman–Crippen LogP) is 4.66. The van der Waals surface area contributed by atoms with Crippen molar-refractivity contribution in [2.75, 3.05) is 33.3 Å². The zero-order valence-electron chi connectivity index (χ0n) is 30.0. The fourth-order valence-corrected chi connectivity index (χ4v) is 8.19. The van der Waals surface area contributed by atoms with Crippen molar-refractivity contribution in [3.8, 4) is 5.75 Å². The number of hydrogen-bond acceptors (Lipinski definition) is 7. The average molecular weight is 719 g/mol. The number of aromatic nitrogens is 2. The highest BCUT2D eigenvalue weighted by Crippen LogP contribution is 2.25. The maximum atomic E-state index is 14.3. The lowest BCUT2D eigenvalue weighted by atomic mass is 9.95. The van der Waals surface area contributed by atoms with E-state index < -0.39 is 28.2 Å². The first kappa shape index (κ1) is 37.8. The van der Waals surface area contributed by atoms with Crippen molar-refractivity contribution >= 4 is 33.0 Å². The molecular formula is C38H50N6O6S. The van der Waals surface area contributed by atoms with Crippen LogP contribution in [0, 0.1) is 11.8 Å². The second-order valence-corrected chi connectivity index (χ2v) is 15.7. The maximum Gasteiger partial charge on any atom is 0.321 e. The zero-order valence-corrected chi connectivity index (χ0v) is 30.8. The van der Waals surface area contributed by atoms with Crippen LogP contribution >= 0.6 is 0 Å². The van der Waals surface area contributed by atoms with Crippen molar-refractivity contribution in [1.82, 2.24) is 29.4 Å². The zero-order chi connectivity index (χ0) is 36.7. The van der Waals surface area contributed by atoms with Crippen molar-refractivity contribution in [2.24, 2.45) is 11.8 Å². The minimum absolute atomic E-state index is 0.0345. The number of amides is 3. The van der Waals surface area contributed by atoms with Gasteiger partial charge in [-0.05, 0) is 65.8 Å². The van der Waals surface area contributed by atoms with Gasteiger partial charge in [-0.15, -0.1) is 0 Å². The van der Waals surface area contributed by atoms with E-state index in [1.165, 1.54) is 23.5 Å². The van der Waals surface area contributed by atoms with E-state index in [1.54, 1.807) is 28.3 Å². The van der Waals surface area contributed by atoms with Gasteiger partial charge >= 0.3 is 6.03 Å². The lowest BCUT2D eigenvalue weighted by Gasteiger charge is -2.35. The molecule has 3 amide bonds. The second-order valence-electron chi connectivity index (χ2n) is 13.7. The molecule has 4 aromatic rings. The third-order valence-corrected chi connectivity index (χ3v) is 11.4. The van der Waals surface area contributed by atoms with Gasteiger partial charge in [-0.25, -0.2) is 18.2 Å². The van der Waals surface area contributed by atoms with Crippen LogP contribution in [-0.2, 0) is 27.8 Å². The molecule has 2 heterocycles. The summed E-state index contributed by atoms with van der Waals surface area (Å²) in [7, 11) is -2.49. The fraction of sp³-hybridized carbons (Fsp3) is 0.447. The van der Waals surface area contributed by atoms with Crippen molar-refractivity contribution in [3.05, 3.63) is 90.3 Å². The smallest absolute Gasteiger partial charge is 0.321 e. The number of urea groups is 1. The molecule has 0 bridgehead atoms. The van der Waals surface area contributed by atoms with E-state index in [1.807, 2.05) is 76.2 Å². The molecule has 51 heavy (non-hydrogen) atoms. The van der Waals surface area contributed by atoms with Crippen LogP contribution in [0.2, 0.25) is 0 Å². The number of hydrogen-bond donors (Lipinski definition) is 3. The Balaban J connectivity index is 1.37. The summed E-state index contributed by atoms with van der Waals surface area (Å²) >= 11 is 0. The molecule has 12 nitrogen and oxygen atoms in total. The van der Waals surface area contributed by atoms with E-state index in [0.29, 0.717) is 31.8 Å². The summed E-state index contributed by atoms with van der Waals surface area (Å²) in [6.45, 7) is 8.90. The Labute approximate surface area is 300 Å². The van der Waals surface area contributed by atoms with Crippen molar-refractivity contribution in [2.45, 2.75) is 70.2 Å². The van der Waals surface area contributed by atoms with Crippen molar-refractivity contribution < 1.29 is 27.9 Å². The molecule has 0 saturated carbocycles. The second kappa shape index (κ2) is 16.7. The highest BCUT2D eigenvalue weighted by molar-refractivity contribution is 7.89. The van der Waals surface area contributed by atoms with Crippen LogP contribution in [-0.4, -0.2) is 101 Å². The number of rotatable bonds is 17. The number of methoxy groups -OCH3 is 1. The lowest BCUT2D eigenvalue weighted by Crippen LogP contribution is -2.57. The minimum atomic E-state index is -4.00. The van der Waals surface area contributed by atoms with Crippen LogP contribution in [0.4, 0.5) is 4.79 Å². The Morgan fingerprint density at radius 1 is 1.02 bits per heavy atom. The van der Waals surface area contributed by atoms with Crippen LogP contribution in [0.3, 0.4) is 0 Å². The molecule has 0 radical (unpaired) electrons. The Kier molecular flexibility index (Phi) is 12.4. The number of carbonyl (C=O) groups is 2. The molecule has 274 valence electrons. The number of aliphatic hydroxyl groups is 1. The molecule has 5 rings (SSSR count). The summed E-state index contributed by atoms with van der Waals surface area (Å²) in [4.78, 5) is 39.0. The number of imidazole rings is 1. The number of carbonyl (C=O) groups excluding carboxylic acids is 2. The SMILES string of the molecule is CC[C@H](C)[C@@H](C(=O)N[C@@H](Cc1ccccc1)[C@@H](O)CN(CC(C)C)S(=O)(=O)c1ccc(OC)cc1)N1CCN(Cc2ccc3nc[nH]c3c2)C1=O. The number of aromatic amines is 1. The fourth-order valence-electron chi connectivity index (χ4n) is 6.57. The molecule has 0 spiro atoms. The standard InChI is InChI=1S/C38H50N6O6S/c1-6-27(4)36(44-19-18-42(38(44)47)23-29-12-17-32-33(21-29)40-25-39-32)37(46)41-34(20-28-10-8-7-9-11-28)35(45)24-43(22-26(2)3)51(48,49)31-15-13-30(50-5)14-16-31/h7-17,21,25-27,34-36,45H,6,18-20,22-24H2,1-5H3,(H,39,40)(H,41,46)/t27-,34-,35-,36-/m0/s1. The first-order valence-electron chi connectivity index (χ1n) is 17.5. The first-order valence-corrected chi connectivity index (χ1v) is 19.0. The third-order valence-electron chi connectivity index (χ3n) is 9.52. The van der Waals surface area contributed by atoms with Gasteiger partial charge in [0.1, 0.15) is 11.8 Å². The van der Waals surface area contributed by atoms with Crippen LogP contribution in [0.5, 0.6) is 5.75 Å². The molecule has 1 fully saturated rings. The molecule has 3 aromatic carbocycles. The van der Waals surface area contributed by atoms with Gasteiger partial charge in [0.25, 0.3) is 0 Å². The third kappa shape index (κ3) is 9.07. The molecule has 4 atom stereocenters. The van der Waals surface area contributed by atoms with Crippen LogP contribution < -0.4 is 10.1 Å². The van der Waals surface area contributed by atoms with Gasteiger partial charge in [0, 0.05) is 32.7 Å². The van der Waals surface area contributed by atoms with E-state index in [2.05, 4.69) is 15.3 Å². The summed E-state index contributed by atoms with van der Waals surface area (Å²) in [5, 5.41) is 14.9. The van der Waals surface area contributed by atoms with E-state index in [4.69, 9.17) is 4.74 Å². The Morgan fingerprint density at radius 3 is 2.41 bits per heavy atom. The number of fused-ring (bicyclic) bond motifs is 1. The average Bonchev–Trinajstić information content (AvgIpc) is 3.73. The topological polar surface area (TPSA) is 148 Å². The summed E-state index contributed by atoms with van der Waals surface area (Å²) in [5.74, 6) is -0.0710. The number of sulfonamides is 1. The van der Waals surface area contributed by atoms with E-state index >= 15 is 0 Å². The van der Waals surface area contributed by atoms with Gasteiger partial charge in [-0.3, -0.25) is 4.79 Å². The Bertz CT molecular complexity index is 1870. The monoisotopic (exact) mass is 718 g/mol. The largest absolute Gasteiger partial charge is 0.497 e. The van der Waals surface area contributed by atoms with Crippen molar-refractivity contribution in [1.29, 1.82) is 0 Å². The minimum Gasteiger partial charge on any atom is -0.497 e. The summed E-state index contributed by atoms with van der Waals surface area (Å²) in [5.41, 5.74) is 3.56. The Morgan fingerprint density at radius 2 is 1.75 bits per heavy atom. The maximum absolute atomic E-state index is 14.3. The molecule has 3 N–H and O–H groups in total. The van der Waals surface area contributed by atoms with Crippen molar-refractivity contribution in [3.63, 3.8) is 0 Å². The molecule has 1 aliphatic rings. The lowest BCUT2D eigenvalue weighted by molar-refractivity contribution is -0.128. The highest BCUT2D eigenvalue weighted by atomic mass is 32.2. The first-order chi connectivity index (χ1) is 24.4. The molecule has 1 aliphatic heterocycles. The molecular weight excluding hydrogens is 669 g/mol. The van der Waals surface area contributed by atoms with Crippen LogP contribution in [0.25, 0.3) is 11.0 Å². The molecule has 0 unspecified atom stereocenters. The number of H-pyrrole nitrogens is 1. The van der Waals surface area contributed by atoms with Crippen LogP contribution in [0.15, 0.2) is 84.0 Å². The molecule has 0 aliphatic carbocycles. The van der Waals surface area contributed by atoms with Gasteiger partial charge in [0.05, 0.1) is 41.5 Å². The van der Waals surface area contributed by atoms with E-state index in [-0.39, 0.29) is 48.2 Å². The van der Waals surface area contributed by atoms with Gasteiger partial charge in [-0.1, -0.05) is 70.5 Å². The van der Waals surface area contributed by atoms with E-state index in [0.717, 1.165) is 22.2 Å². The van der Waals surface area contributed by atoms with Gasteiger partial charge < -0.3 is 29.9 Å². The number of benzene rings is 3. The van der Waals surface area contributed by atoms with Gasteiger partial charge in [0.2, 0.25) is 15.9 Å². The van der Waals surface area contributed by atoms with Gasteiger partial charge in [-0.2, -0.15) is 4.31 Å². The highest BCUT2D eigenvalue weighted by Gasteiger charge is 2.41. The quantitative estimate of drug-likeness (QED) is 0.144. The predicted molar refractivity (Wildman–Crippen MR) is 197 cm³/mol. The molecule has 1 aromatic heterocycles. The van der Waals surface area contributed by atoms with E-state index in [9.17, 15) is 23.1 Å². The number of aliphatic hydroxyl groups excluding tert-OH is 1. The van der Waals surface area contributed by atoms with Crippen LogP contribution in [0.1, 0.15) is 45.2 Å². The normalized spacial score (nSPS) is 16.1. The number of nitrogens with zero attached hydrogens (tertiary/aromatic N) is 4. The summed E-state index contributed by atoms with van der Waals surface area (Å²) in [6.07, 6.45) is 1.28. The summed E-state index contributed by atoms with van der Waals surface area (Å²) < 4.78 is 34.3. The summed E-state index contributed by atoms with van der Waals surface area (Å²) in [6, 6.07) is 19.6. The number of nitrogens with one attached hydrogen (secondary N) is 2. The Hall–Kier alpha value is -4.46. The number of ether oxygens (including phenoxy) is 1.